The highest BCUT2D eigenvalue weighted by Crippen LogP contribution is 2.35. The van der Waals surface area contributed by atoms with E-state index in [1.54, 1.807) is 6.07 Å². The molecule has 0 saturated carbocycles. The van der Waals surface area contributed by atoms with Crippen LogP contribution in [0.25, 0.3) is 22.3 Å². The maximum absolute atomic E-state index is 14.5. The second-order valence-corrected chi connectivity index (χ2v) is 6.56. The smallest absolute Gasteiger partial charge is 0.131 e. The van der Waals surface area contributed by atoms with E-state index in [-0.39, 0.29) is 5.82 Å². The predicted molar refractivity (Wildman–Crippen MR) is 105 cm³/mol. The minimum absolute atomic E-state index is 0.167. The van der Waals surface area contributed by atoms with E-state index < -0.39 is 0 Å². The standard InChI is InChI=1S/C24H25F/c1-3-7-18-11-14-20(15-12-18)21-16-13-19(8-4-2)17-23(21)22-9-5-6-10-24(22)25/h5-6,9-17H,3-4,7-8H2,1-2H3. The Morgan fingerprint density at radius 1 is 0.640 bits per heavy atom. The van der Waals surface area contributed by atoms with E-state index >= 15 is 0 Å². The number of hydrogen-bond donors (Lipinski definition) is 0. The van der Waals surface area contributed by atoms with Crippen LogP contribution in [0.5, 0.6) is 0 Å². The van der Waals surface area contributed by atoms with Crippen LogP contribution >= 0.6 is 0 Å². The van der Waals surface area contributed by atoms with Gasteiger partial charge in [0.15, 0.2) is 0 Å². The first-order valence-electron chi connectivity index (χ1n) is 9.20. The molecule has 0 heterocycles. The van der Waals surface area contributed by atoms with Crippen molar-refractivity contribution in [2.45, 2.75) is 39.5 Å². The van der Waals surface area contributed by atoms with E-state index in [2.05, 4.69) is 56.3 Å². The average Bonchev–Trinajstić information content (AvgIpc) is 2.63. The lowest BCUT2D eigenvalue weighted by Gasteiger charge is -2.14. The Morgan fingerprint density at radius 2 is 1.28 bits per heavy atom. The summed E-state index contributed by atoms with van der Waals surface area (Å²) < 4.78 is 14.5. The first-order valence-corrected chi connectivity index (χ1v) is 9.20. The van der Waals surface area contributed by atoms with Crippen molar-refractivity contribution in [3.8, 4) is 22.3 Å². The van der Waals surface area contributed by atoms with Crippen molar-refractivity contribution in [1.82, 2.24) is 0 Å². The Bertz CT molecular complexity index is 831. The fraction of sp³-hybridized carbons (Fsp3) is 0.250. The molecule has 0 unspecified atom stereocenters. The van der Waals surface area contributed by atoms with Crippen LogP contribution in [0.1, 0.15) is 37.8 Å². The maximum Gasteiger partial charge on any atom is 0.131 e. The van der Waals surface area contributed by atoms with E-state index in [4.69, 9.17) is 0 Å². The summed E-state index contributed by atoms with van der Waals surface area (Å²) in [5, 5.41) is 0. The van der Waals surface area contributed by atoms with Crippen molar-refractivity contribution in [2.24, 2.45) is 0 Å². The van der Waals surface area contributed by atoms with Crippen LogP contribution in [0.3, 0.4) is 0 Å². The van der Waals surface area contributed by atoms with Gasteiger partial charge in [-0.2, -0.15) is 0 Å². The van der Waals surface area contributed by atoms with Crippen molar-refractivity contribution in [3.05, 3.63) is 83.7 Å². The molecule has 0 amide bonds. The largest absolute Gasteiger partial charge is 0.206 e. The maximum atomic E-state index is 14.5. The van der Waals surface area contributed by atoms with Crippen molar-refractivity contribution in [3.63, 3.8) is 0 Å². The number of aryl methyl sites for hydroxylation is 2. The summed E-state index contributed by atoms with van der Waals surface area (Å²) in [6.45, 7) is 4.36. The third-order valence-corrected chi connectivity index (χ3v) is 4.59. The van der Waals surface area contributed by atoms with E-state index in [9.17, 15) is 4.39 Å². The quantitative estimate of drug-likeness (QED) is 0.453. The highest BCUT2D eigenvalue weighted by Gasteiger charge is 2.12. The van der Waals surface area contributed by atoms with Gasteiger partial charge in [-0.15, -0.1) is 0 Å². The van der Waals surface area contributed by atoms with Crippen LogP contribution in [0, 0.1) is 5.82 Å². The molecule has 1 heteroatoms. The fourth-order valence-corrected chi connectivity index (χ4v) is 3.33. The molecule has 3 aromatic rings. The average molecular weight is 332 g/mol. The molecule has 0 atom stereocenters. The van der Waals surface area contributed by atoms with Gasteiger partial charge in [-0.25, -0.2) is 4.39 Å². The zero-order valence-corrected chi connectivity index (χ0v) is 15.1. The molecule has 0 aliphatic heterocycles. The number of benzene rings is 3. The number of hydrogen-bond acceptors (Lipinski definition) is 0. The van der Waals surface area contributed by atoms with E-state index in [1.165, 1.54) is 17.2 Å². The van der Waals surface area contributed by atoms with Gasteiger partial charge >= 0.3 is 0 Å². The fourth-order valence-electron chi connectivity index (χ4n) is 3.33. The molecule has 0 aromatic heterocycles. The van der Waals surface area contributed by atoms with Gasteiger partial charge in [-0.05, 0) is 46.7 Å². The van der Waals surface area contributed by atoms with Crippen molar-refractivity contribution in [2.75, 3.05) is 0 Å². The van der Waals surface area contributed by atoms with E-state index in [1.807, 2.05) is 12.1 Å². The first-order chi connectivity index (χ1) is 12.2. The lowest BCUT2D eigenvalue weighted by molar-refractivity contribution is 0.631. The Hall–Kier alpha value is -2.41. The molecule has 0 N–H and O–H groups in total. The zero-order valence-electron chi connectivity index (χ0n) is 15.1. The topological polar surface area (TPSA) is 0 Å². The summed E-state index contributed by atoms with van der Waals surface area (Å²) in [4.78, 5) is 0. The minimum atomic E-state index is -0.167. The zero-order chi connectivity index (χ0) is 17.6. The monoisotopic (exact) mass is 332 g/mol. The lowest BCUT2D eigenvalue weighted by atomic mass is 9.91. The first kappa shape index (κ1) is 17.4. The second-order valence-electron chi connectivity index (χ2n) is 6.56. The molecule has 0 fully saturated rings. The van der Waals surface area contributed by atoms with Gasteiger partial charge in [0.05, 0.1) is 0 Å². The van der Waals surface area contributed by atoms with Gasteiger partial charge in [0, 0.05) is 5.56 Å². The summed E-state index contributed by atoms with van der Waals surface area (Å²) >= 11 is 0. The molecule has 0 nitrogen and oxygen atoms in total. The minimum Gasteiger partial charge on any atom is -0.206 e. The van der Waals surface area contributed by atoms with Crippen LogP contribution in [0.2, 0.25) is 0 Å². The molecule has 3 aromatic carbocycles. The van der Waals surface area contributed by atoms with Crippen molar-refractivity contribution in [1.29, 1.82) is 0 Å². The molecule has 0 saturated heterocycles. The number of rotatable bonds is 6. The van der Waals surface area contributed by atoms with Crippen molar-refractivity contribution < 1.29 is 4.39 Å². The summed E-state index contributed by atoms with van der Waals surface area (Å²) in [7, 11) is 0. The van der Waals surface area contributed by atoms with Crippen LogP contribution < -0.4 is 0 Å². The van der Waals surface area contributed by atoms with Gasteiger partial charge in [0.2, 0.25) is 0 Å². The molecule has 25 heavy (non-hydrogen) atoms. The summed E-state index contributed by atoms with van der Waals surface area (Å²) in [5.74, 6) is -0.167. The van der Waals surface area contributed by atoms with Crippen molar-refractivity contribution >= 4 is 0 Å². The third kappa shape index (κ3) is 3.99. The van der Waals surface area contributed by atoms with Gasteiger partial charge in [-0.3, -0.25) is 0 Å². The van der Waals surface area contributed by atoms with Crippen LogP contribution in [-0.4, -0.2) is 0 Å². The molecule has 0 radical (unpaired) electrons. The Labute approximate surface area is 150 Å². The molecule has 0 spiro atoms. The van der Waals surface area contributed by atoms with Gasteiger partial charge in [0.1, 0.15) is 5.82 Å². The SMILES string of the molecule is CCCc1ccc(-c2ccc(CCC)cc2-c2ccccc2F)cc1. The molecular weight excluding hydrogens is 307 g/mol. The normalized spacial score (nSPS) is 10.8. The summed E-state index contributed by atoms with van der Waals surface area (Å²) in [5.41, 5.74) is 6.49. The van der Waals surface area contributed by atoms with E-state index in [0.717, 1.165) is 42.4 Å². The highest BCUT2D eigenvalue weighted by atomic mass is 19.1. The molecule has 3 rings (SSSR count). The summed E-state index contributed by atoms with van der Waals surface area (Å²) in [6.07, 6.45) is 4.33. The molecule has 0 bridgehead atoms. The van der Waals surface area contributed by atoms with Crippen LogP contribution in [0.15, 0.2) is 66.7 Å². The highest BCUT2D eigenvalue weighted by molar-refractivity contribution is 5.84. The molecule has 128 valence electrons. The Morgan fingerprint density at radius 3 is 1.96 bits per heavy atom. The van der Waals surface area contributed by atoms with Gasteiger partial charge in [0.25, 0.3) is 0 Å². The number of halogens is 1. The molecular formula is C24H25F. The van der Waals surface area contributed by atoms with Gasteiger partial charge in [-0.1, -0.05) is 87.4 Å². The lowest BCUT2D eigenvalue weighted by Crippen LogP contribution is -1.92. The Kier molecular flexibility index (Phi) is 5.65. The van der Waals surface area contributed by atoms with Gasteiger partial charge < -0.3 is 0 Å². The second kappa shape index (κ2) is 8.11. The molecule has 0 aliphatic carbocycles. The molecule has 0 aliphatic rings. The predicted octanol–water partition coefficient (Wildman–Crippen LogP) is 7.06. The summed E-state index contributed by atoms with van der Waals surface area (Å²) in [6, 6.07) is 22.2. The Balaban J connectivity index is 2.11. The third-order valence-electron chi connectivity index (χ3n) is 4.59. The van der Waals surface area contributed by atoms with E-state index in [0.29, 0.717) is 5.56 Å². The van der Waals surface area contributed by atoms with Crippen LogP contribution in [-0.2, 0) is 12.8 Å². The van der Waals surface area contributed by atoms with Crippen LogP contribution in [0.4, 0.5) is 4.39 Å².